The van der Waals surface area contributed by atoms with Gasteiger partial charge in [0.1, 0.15) is 0 Å². The molecule has 0 radical (unpaired) electrons. The van der Waals surface area contributed by atoms with Crippen LogP contribution in [0.25, 0.3) is 0 Å². The Morgan fingerprint density at radius 3 is 1.05 bits per heavy atom. The predicted octanol–water partition coefficient (Wildman–Crippen LogP) is 28.0. The van der Waals surface area contributed by atoms with Gasteiger partial charge in [0.05, 0.1) is 0 Å². The van der Waals surface area contributed by atoms with Crippen molar-refractivity contribution in [3.05, 3.63) is 0 Å². The van der Waals surface area contributed by atoms with Gasteiger partial charge in [0.25, 0.3) is 0 Å². The van der Waals surface area contributed by atoms with E-state index in [2.05, 4.69) is 138 Å². The molecule has 12 aliphatic carbocycles. The van der Waals surface area contributed by atoms with E-state index in [9.17, 15) is 0 Å². The summed E-state index contributed by atoms with van der Waals surface area (Å²) < 4.78 is 0. The SMILES string of the molecule is CC(C)C1CCCC1.CC1C2CCC1CC2.CC1CCCC1(C)C.CCC1(C)CCCC1.CCC1(C)CCCC1.CCC1CCCC1C.CCCC1CCCC1.C[C@H]1CC2CCC1C2.C[C@H]1CCC(C)(C)C1.C[C@H]1CCCC1(C)C. The molecule has 0 aliphatic heterocycles. The molecule has 0 aromatic carbocycles. The molecule has 12 fully saturated rings. The van der Waals surface area contributed by atoms with Gasteiger partial charge in [-0.2, -0.15) is 0 Å². The van der Waals surface area contributed by atoms with E-state index in [0.717, 1.165) is 93.7 Å². The Morgan fingerprint density at radius 1 is 0.400 bits per heavy atom. The van der Waals surface area contributed by atoms with Crippen LogP contribution in [-0.2, 0) is 0 Å². The summed E-state index contributed by atoms with van der Waals surface area (Å²) in [5, 5.41) is 0. The molecule has 476 valence electrons. The maximum absolute atomic E-state index is 2.44. The quantitative estimate of drug-likeness (QED) is 0.249. The van der Waals surface area contributed by atoms with E-state index in [1.807, 2.05) is 0 Å². The molecule has 5 unspecified atom stereocenters. The summed E-state index contributed by atoms with van der Waals surface area (Å²) in [4.78, 5) is 0. The minimum absolute atomic E-state index is 0.653. The molecule has 0 amide bonds. The van der Waals surface area contributed by atoms with Crippen molar-refractivity contribution < 1.29 is 0 Å². The van der Waals surface area contributed by atoms with E-state index in [4.69, 9.17) is 0 Å². The molecule has 4 bridgehead atoms. The molecule has 0 aromatic heterocycles. The molecule has 0 N–H and O–H groups in total. The minimum Gasteiger partial charge on any atom is -0.0654 e. The highest BCUT2D eigenvalue weighted by atomic mass is 14.4. The van der Waals surface area contributed by atoms with Crippen LogP contribution < -0.4 is 0 Å². The predicted molar refractivity (Wildman–Crippen MR) is 364 cm³/mol. The van der Waals surface area contributed by atoms with Crippen LogP contribution in [-0.4, -0.2) is 0 Å². The molecule has 0 spiro atoms. The van der Waals surface area contributed by atoms with Gasteiger partial charge in [-0.1, -0.05) is 305 Å². The number of fused-ring (bicyclic) bond motifs is 4. The highest BCUT2D eigenvalue weighted by Gasteiger charge is 2.39. The number of hydrogen-bond acceptors (Lipinski definition) is 0. The minimum atomic E-state index is 0.653. The van der Waals surface area contributed by atoms with E-state index in [0.29, 0.717) is 16.2 Å². The molecule has 0 aromatic rings. The summed E-state index contributed by atoms with van der Waals surface area (Å²) in [7, 11) is 0. The largest absolute Gasteiger partial charge is 0.0654 e. The van der Waals surface area contributed by atoms with Crippen molar-refractivity contribution >= 4 is 0 Å². The van der Waals surface area contributed by atoms with Crippen LogP contribution in [0.2, 0.25) is 0 Å². The zero-order valence-electron chi connectivity index (χ0n) is 59.6. The first-order chi connectivity index (χ1) is 37.7. The van der Waals surface area contributed by atoms with Crippen molar-refractivity contribution in [1.82, 2.24) is 0 Å². The summed E-state index contributed by atoms with van der Waals surface area (Å²) in [6, 6.07) is 0. The van der Waals surface area contributed by atoms with Crippen molar-refractivity contribution in [3.8, 4) is 0 Å². The van der Waals surface area contributed by atoms with E-state index < -0.39 is 0 Å². The lowest BCUT2D eigenvalue weighted by Gasteiger charge is -2.22. The highest BCUT2D eigenvalue weighted by molar-refractivity contribution is 4.90. The van der Waals surface area contributed by atoms with Gasteiger partial charge in [0, 0.05) is 0 Å². The van der Waals surface area contributed by atoms with E-state index in [-0.39, 0.29) is 0 Å². The van der Waals surface area contributed by atoms with Gasteiger partial charge in [-0.25, -0.2) is 0 Å². The zero-order valence-corrected chi connectivity index (χ0v) is 59.6. The van der Waals surface area contributed by atoms with Crippen molar-refractivity contribution in [2.24, 2.45) is 110 Å². The van der Waals surface area contributed by atoms with Crippen LogP contribution in [0.1, 0.15) is 402 Å². The Hall–Kier alpha value is 0. The molecular weight excluding hydrogens is 961 g/mol. The molecule has 12 aliphatic rings. The van der Waals surface area contributed by atoms with E-state index in [1.165, 1.54) is 212 Å². The van der Waals surface area contributed by atoms with Gasteiger partial charge in [0.15, 0.2) is 0 Å². The molecule has 80 heavy (non-hydrogen) atoms. The van der Waals surface area contributed by atoms with Crippen LogP contribution in [0.4, 0.5) is 0 Å². The van der Waals surface area contributed by atoms with Crippen molar-refractivity contribution in [2.45, 2.75) is 402 Å². The second-order valence-corrected chi connectivity index (χ2v) is 34.8. The second kappa shape index (κ2) is 37.6. The van der Waals surface area contributed by atoms with E-state index >= 15 is 0 Å². The molecule has 0 heteroatoms. The fourth-order valence-corrected chi connectivity index (χ4v) is 18.3. The maximum atomic E-state index is 2.44. The summed E-state index contributed by atoms with van der Waals surface area (Å²) in [6.45, 7) is 47.3. The Balaban J connectivity index is 0.000000233. The van der Waals surface area contributed by atoms with Gasteiger partial charge in [-0.3, -0.25) is 0 Å². The average molecular weight is 1120 g/mol. The molecular formula is C80H156. The number of hydrogen-bond donors (Lipinski definition) is 0. The molecule has 8 atom stereocenters. The van der Waals surface area contributed by atoms with Gasteiger partial charge >= 0.3 is 0 Å². The Kier molecular flexibility index (Phi) is 34.9. The summed E-state index contributed by atoms with van der Waals surface area (Å²) in [6.07, 6.45) is 60.8. The van der Waals surface area contributed by atoms with Crippen molar-refractivity contribution in [2.75, 3.05) is 0 Å². The normalized spacial score (nSPS) is 34.8. The highest BCUT2D eigenvalue weighted by Crippen LogP contribution is 2.50. The summed E-state index contributed by atoms with van der Waals surface area (Å²) in [5.74, 6) is 14.9. The first-order valence-electron chi connectivity index (χ1n) is 37.7. The van der Waals surface area contributed by atoms with Gasteiger partial charge in [-0.15, -0.1) is 0 Å². The Bertz CT molecular complexity index is 1420. The third-order valence-electron chi connectivity index (χ3n) is 26.6. The Morgan fingerprint density at radius 2 is 0.863 bits per heavy atom. The topological polar surface area (TPSA) is 0 Å². The van der Waals surface area contributed by atoms with Crippen molar-refractivity contribution in [3.63, 3.8) is 0 Å². The fourth-order valence-electron chi connectivity index (χ4n) is 18.3. The third kappa shape index (κ3) is 27.8. The fraction of sp³-hybridized carbons (Fsp3) is 1.00. The number of rotatable bonds is 6. The monoisotopic (exact) mass is 1120 g/mol. The van der Waals surface area contributed by atoms with Crippen LogP contribution in [0.5, 0.6) is 0 Å². The van der Waals surface area contributed by atoms with Gasteiger partial charge < -0.3 is 0 Å². The molecule has 12 saturated carbocycles. The lowest BCUT2D eigenvalue weighted by Crippen LogP contribution is -2.13. The van der Waals surface area contributed by atoms with Crippen LogP contribution in [0, 0.1) is 110 Å². The van der Waals surface area contributed by atoms with Crippen LogP contribution in [0.3, 0.4) is 0 Å². The standard InChI is InChI=1S/2C8H14.8C8H16/c1-6-4-7-2-3-8(6)5-7;1-6-7-2-3-8(6)5-4-7;1-7-4-5-8(2,3)6-7;2*1-7-5-4-6-8(7,2)3;1-7(2)8-5-3-4-6-8;2*1-3-8(2)6-4-5-7-8;1-3-8-6-4-5-7(8)2;1-2-5-8-6-3-4-7-8/h2*6-8H,2-5H2,1H3;3*7H,4-6H2,1-3H3;7-8H,3-6H2,1-2H3;2*3-7H2,1-2H3;7-8H,3-6H2,1-2H3;8H,2-7H2,1H3/t6-,7?,8?;;2*7-;;;;;;/m0.00....../s1. The third-order valence-corrected chi connectivity index (χ3v) is 26.6. The lowest BCUT2D eigenvalue weighted by molar-refractivity contribution is 0.281. The first-order valence-corrected chi connectivity index (χ1v) is 37.7. The molecule has 12 rings (SSSR count). The molecule has 0 heterocycles. The maximum Gasteiger partial charge on any atom is -0.0328 e. The Labute approximate surface area is 509 Å². The van der Waals surface area contributed by atoms with Crippen LogP contribution in [0.15, 0.2) is 0 Å². The summed E-state index contributed by atoms with van der Waals surface area (Å²) >= 11 is 0. The molecule has 0 nitrogen and oxygen atoms in total. The van der Waals surface area contributed by atoms with Gasteiger partial charge in [0.2, 0.25) is 0 Å². The average Bonchev–Trinajstić information content (AvgIpc) is 4.25. The van der Waals surface area contributed by atoms with Gasteiger partial charge in [-0.05, 0) is 206 Å². The second-order valence-electron chi connectivity index (χ2n) is 34.8. The summed E-state index contributed by atoms with van der Waals surface area (Å²) in [5.41, 5.74) is 3.44. The lowest BCUT2D eigenvalue weighted by atomic mass is 9.83. The van der Waals surface area contributed by atoms with Crippen LogP contribution >= 0.6 is 0 Å². The molecule has 0 saturated heterocycles. The van der Waals surface area contributed by atoms with E-state index in [1.54, 1.807) is 51.4 Å². The van der Waals surface area contributed by atoms with Crippen molar-refractivity contribution in [1.29, 1.82) is 0 Å². The first kappa shape index (κ1) is 74.3. The zero-order chi connectivity index (χ0) is 59.6. The smallest absolute Gasteiger partial charge is 0.0328 e.